The van der Waals surface area contributed by atoms with Gasteiger partial charge >= 0.3 is 17.8 Å². The number of halogens is 3. The monoisotopic (exact) mass is 397 g/mol. The number of carbonyl (C=O) groups excluding carboxylic acids is 1. The molecule has 5 nitrogen and oxygen atoms in total. The van der Waals surface area contributed by atoms with Crippen molar-refractivity contribution in [2.75, 3.05) is 19.1 Å². The van der Waals surface area contributed by atoms with E-state index in [1.165, 1.54) is 23.5 Å². The molecule has 2 heterocycles. The maximum absolute atomic E-state index is 12.8. The number of nitrogens with zero attached hydrogens (tertiary/aromatic N) is 1. The first-order valence-electron chi connectivity index (χ1n) is 7.72. The number of benzene rings is 1. The molecule has 0 saturated heterocycles. The number of alkyl halides is 3. The lowest BCUT2D eigenvalue weighted by molar-refractivity contribution is -0.137. The fraction of sp³-hybridized carbons (Fsp3) is 0.222. The van der Waals surface area contributed by atoms with Gasteiger partial charge in [-0.25, -0.2) is 9.59 Å². The minimum Gasteiger partial charge on any atom is -0.465 e. The molecule has 3 rings (SSSR count). The molecule has 0 aliphatic rings. The van der Waals surface area contributed by atoms with Crippen molar-refractivity contribution in [3.8, 4) is 0 Å². The summed E-state index contributed by atoms with van der Waals surface area (Å²) in [6, 6.07) is 8.08. The van der Waals surface area contributed by atoms with Gasteiger partial charge in [-0.2, -0.15) is 13.2 Å². The summed E-state index contributed by atoms with van der Waals surface area (Å²) < 4.78 is 48.8. The third-order valence-electron chi connectivity index (χ3n) is 3.87. The van der Waals surface area contributed by atoms with Crippen LogP contribution in [0.1, 0.15) is 21.5 Å². The van der Waals surface area contributed by atoms with Gasteiger partial charge in [-0.3, -0.25) is 0 Å². The molecule has 0 saturated carbocycles. The molecule has 0 radical (unpaired) electrons. The van der Waals surface area contributed by atoms with E-state index in [2.05, 4.69) is 4.74 Å². The van der Waals surface area contributed by atoms with Crippen LogP contribution in [0.4, 0.5) is 18.2 Å². The van der Waals surface area contributed by atoms with Gasteiger partial charge in [0, 0.05) is 19.7 Å². The standard InChI is InChI=1S/C18H14F3NO4S/c1-22(9-10-4-3-5-11(6-10)18(19,20)21)15-8-13-14(27-15)7-12(16(23)25-2)17(24)26-13/h3-8H,9H2,1-2H3. The minimum atomic E-state index is -4.40. The summed E-state index contributed by atoms with van der Waals surface area (Å²) >= 11 is 1.25. The van der Waals surface area contributed by atoms with E-state index in [-0.39, 0.29) is 12.1 Å². The van der Waals surface area contributed by atoms with Crippen LogP contribution in [0.25, 0.3) is 10.3 Å². The number of carbonyl (C=O) groups is 1. The van der Waals surface area contributed by atoms with Crippen molar-refractivity contribution in [2.24, 2.45) is 0 Å². The van der Waals surface area contributed by atoms with Crippen molar-refractivity contribution >= 4 is 32.6 Å². The van der Waals surface area contributed by atoms with Crippen LogP contribution in [0.5, 0.6) is 0 Å². The minimum absolute atomic E-state index is 0.209. The molecule has 2 aromatic heterocycles. The maximum Gasteiger partial charge on any atom is 0.416 e. The van der Waals surface area contributed by atoms with E-state index in [9.17, 15) is 22.8 Å². The van der Waals surface area contributed by atoms with Gasteiger partial charge < -0.3 is 14.1 Å². The molecule has 0 spiro atoms. The zero-order valence-electron chi connectivity index (χ0n) is 14.3. The largest absolute Gasteiger partial charge is 0.465 e. The van der Waals surface area contributed by atoms with Crippen LogP contribution in [0.2, 0.25) is 0 Å². The van der Waals surface area contributed by atoms with Crippen molar-refractivity contribution in [2.45, 2.75) is 12.7 Å². The summed E-state index contributed by atoms with van der Waals surface area (Å²) in [5, 5.41) is 0.674. The van der Waals surface area contributed by atoms with Crippen LogP contribution >= 0.6 is 11.3 Å². The van der Waals surface area contributed by atoms with Gasteiger partial charge in [-0.1, -0.05) is 12.1 Å². The Morgan fingerprint density at radius 3 is 2.67 bits per heavy atom. The smallest absolute Gasteiger partial charge is 0.416 e. The number of hydrogen-bond donors (Lipinski definition) is 0. The lowest BCUT2D eigenvalue weighted by Crippen LogP contribution is -2.15. The van der Waals surface area contributed by atoms with Crippen molar-refractivity contribution in [1.29, 1.82) is 0 Å². The molecule has 142 valence electrons. The Hall–Kier alpha value is -2.81. The second kappa shape index (κ2) is 7.07. The van der Waals surface area contributed by atoms with Crippen molar-refractivity contribution < 1.29 is 27.1 Å². The lowest BCUT2D eigenvalue weighted by atomic mass is 10.1. The lowest BCUT2D eigenvalue weighted by Gasteiger charge is -2.17. The highest BCUT2D eigenvalue weighted by molar-refractivity contribution is 7.22. The van der Waals surface area contributed by atoms with Crippen LogP contribution in [-0.2, 0) is 17.5 Å². The van der Waals surface area contributed by atoms with Gasteiger partial charge in [0.25, 0.3) is 0 Å². The van der Waals surface area contributed by atoms with Crippen molar-refractivity contribution in [1.82, 2.24) is 0 Å². The van der Waals surface area contributed by atoms with Crippen molar-refractivity contribution in [3.05, 3.63) is 63.5 Å². The number of fused-ring (bicyclic) bond motifs is 1. The highest BCUT2D eigenvalue weighted by Gasteiger charge is 2.30. The van der Waals surface area contributed by atoms with Crippen LogP contribution in [0.3, 0.4) is 0 Å². The predicted molar refractivity (Wildman–Crippen MR) is 95.3 cm³/mol. The number of rotatable bonds is 4. The van der Waals surface area contributed by atoms with E-state index < -0.39 is 23.3 Å². The molecule has 0 N–H and O–H groups in total. The average Bonchev–Trinajstić information content (AvgIpc) is 3.02. The Morgan fingerprint density at radius 2 is 2.00 bits per heavy atom. The molecule has 0 amide bonds. The third-order valence-corrected chi connectivity index (χ3v) is 5.04. The van der Waals surface area contributed by atoms with Gasteiger partial charge in [-0.05, 0) is 23.8 Å². The van der Waals surface area contributed by atoms with Gasteiger partial charge in [0.15, 0.2) is 5.58 Å². The number of anilines is 1. The molecule has 9 heteroatoms. The first-order chi connectivity index (χ1) is 12.7. The molecule has 3 aromatic rings. The zero-order chi connectivity index (χ0) is 19.8. The number of hydrogen-bond acceptors (Lipinski definition) is 6. The summed E-state index contributed by atoms with van der Waals surface area (Å²) in [5.41, 5.74) is -0.943. The van der Waals surface area contributed by atoms with Crippen LogP contribution < -0.4 is 10.5 Å². The number of ether oxygens (including phenoxy) is 1. The van der Waals surface area contributed by atoms with Gasteiger partial charge in [0.2, 0.25) is 0 Å². The molecule has 1 aromatic carbocycles. The van der Waals surface area contributed by atoms with E-state index >= 15 is 0 Å². The third kappa shape index (κ3) is 3.97. The molecule has 0 unspecified atom stereocenters. The number of thiophene rings is 1. The molecular formula is C18H14F3NO4S. The van der Waals surface area contributed by atoms with E-state index in [4.69, 9.17) is 4.42 Å². The maximum atomic E-state index is 12.8. The first-order valence-corrected chi connectivity index (χ1v) is 8.54. The Morgan fingerprint density at radius 1 is 1.26 bits per heavy atom. The van der Waals surface area contributed by atoms with Crippen molar-refractivity contribution in [3.63, 3.8) is 0 Å². The second-order valence-electron chi connectivity index (χ2n) is 5.81. The summed E-state index contributed by atoms with van der Waals surface area (Å²) in [7, 11) is 2.87. The fourth-order valence-electron chi connectivity index (χ4n) is 2.54. The highest BCUT2D eigenvalue weighted by Crippen LogP contribution is 2.33. The van der Waals surface area contributed by atoms with Gasteiger partial charge in [0.1, 0.15) is 5.56 Å². The number of methoxy groups -OCH3 is 1. The van der Waals surface area contributed by atoms with Crippen LogP contribution in [-0.4, -0.2) is 20.1 Å². The predicted octanol–water partition coefficient (Wildman–Crippen LogP) is 4.30. The Kier molecular flexibility index (Phi) is 4.97. The van der Waals surface area contributed by atoms with Gasteiger partial charge in [-0.15, -0.1) is 11.3 Å². The second-order valence-corrected chi connectivity index (χ2v) is 6.87. The Labute approximate surface area is 155 Å². The average molecular weight is 397 g/mol. The summed E-state index contributed by atoms with van der Waals surface area (Å²) in [4.78, 5) is 25.2. The molecule has 27 heavy (non-hydrogen) atoms. The molecule has 0 aliphatic heterocycles. The molecule has 0 atom stereocenters. The Bertz CT molecular complexity index is 1050. The van der Waals surface area contributed by atoms with E-state index in [0.29, 0.717) is 20.8 Å². The highest BCUT2D eigenvalue weighted by atomic mass is 32.1. The van der Waals surface area contributed by atoms with Crippen LogP contribution in [0, 0.1) is 0 Å². The topological polar surface area (TPSA) is 59.8 Å². The van der Waals surface area contributed by atoms with E-state index in [1.807, 2.05) is 0 Å². The summed E-state index contributed by atoms with van der Waals surface area (Å²) in [6.07, 6.45) is -4.40. The van der Waals surface area contributed by atoms with E-state index in [1.54, 1.807) is 24.1 Å². The quantitative estimate of drug-likeness (QED) is 0.615. The summed E-state index contributed by atoms with van der Waals surface area (Å²) in [6.45, 7) is 0.227. The normalized spacial score (nSPS) is 11.6. The number of esters is 1. The van der Waals surface area contributed by atoms with Gasteiger partial charge in [0.05, 0.1) is 22.4 Å². The van der Waals surface area contributed by atoms with E-state index in [0.717, 1.165) is 19.2 Å². The zero-order valence-corrected chi connectivity index (χ0v) is 15.1. The first kappa shape index (κ1) is 19.0. The van der Waals surface area contributed by atoms with Crippen LogP contribution in [0.15, 0.2) is 45.6 Å². The molecule has 0 fully saturated rings. The SMILES string of the molecule is COC(=O)c1cc2sc(N(C)Cc3cccc(C(F)(F)F)c3)cc2oc1=O. The Balaban J connectivity index is 1.89. The molecular weight excluding hydrogens is 383 g/mol. The molecule has 0 aliphatic carbocycles. The fourth-order valence-corrected chi connectivity index (χ4v) is 3.53. The molecule has 0 bridgehead atoms. The summed E-state index contributed by atoms with van der Waals surface area (Å²) in [5.74, 6) is -0.794.